The number of hydrogen-bond acceptors (Lipinski definition) is 4. The van der Waals surface area contributed by atoms with Crippen LogP contribution in [0.15, 0.2) is 34.1 Å². The van der Waals surface area contributed by atoms with Gasteiger partial charge in [-0.15, -0.1) is 0 Å². The van der Waals surface area contributed by atoms with Crippen molar-refractivity contribution in [2.75, 3.05) is 7.05 Å². The van der Waals surface area contributed by atoms with Gasteiger partial charge in [-0.2, -0.15) is 0 Å². The van der Waals surface area contributed by atoms with Crippen molar-refractivity contribution in [3.63, 3.8) is 0 Å². The number of aryl methyl sites for hydroxylation is 2. The zero-order valence-corrected chi connectivity index (χ0v) is 15.7. The van der Waals surface area contributed by atoms with E-state index in [2.05, 4.69) is 4.98 Å². The quantitative estimate of drug-likeness (QED) is 0.659. The number of amides is 1. The van der Waals surface area contributed by atoms with E-state index in [9.17, 15) is 18.8 Å². The zero-order chi connectivity index (χ0) is 19.9. The molecule has 10 heteroatoms. The molecule has 0 unspecified atom stereocenters. The lowest BCUT2D eigenvalue weighted by atomic mass is 10.2. The molecule has 0 aliphatic rings. The molecule has 0 N–H and O–H groups in total. The number of aromatic nitrogens is 4. The topological polar surface area (TPSA) is 82.1 Å². The maximum Gasteiger partial charge on any atom is 0.332 e. The van der Waals surface area contributed by atoms with Crippen molar-refractivity contribution in [1.29, 1.82) is 0 Å². The second-order valence-corrected chi connectivity index (χ2v) is 6.62. The summed E-state index contributed by atoms with van der Waals surface area (Å²) in [5.41, 5.74) is -0.652. The van der Waals surface area contributed by atoms with Crippen LogP contribution < -0.4 is 11.2 Å². The van der Waals surface area contributed by atoms with E-state index in [0.29, 0.717) is 0 Å². The first kappa shape index (κ1) is 18.8. The maximum absolute atomic E-state index is 13.9. The molecule has 8 nitrogen and oxygen atoms in total. The highest BCUT2D eigenvalue weighted by Gasteiger charge is 2.20. The Balaban J connectivity index is 1.93. The third-order valence-corrected chi connectivity index (χ3v) is 4.73. The summed E-state index contributed by atoms with van der Waals surface area (Å²) in [7, 11) is 4.55. The lowest BCUT2D eigenvalue weighted by Crippen LogP contribution is -2.43. The van der Waals surface area contributed by atoms with Gasteiger partial charge in [-0.25, -0.2) is 18.7 Å². The summed E-state index contributed by atoms with van der Waals surface area (Å²) in [6.07, 6.45) is 1.42. The first-order chi connectivity index (χ1) is 12.7. The van der Waals surface area contributed by atoms with E-state index in [1.165, 1.54) is 52.7 Å². The number of hydrogen-bond donors (Lipinski definition) is 0. The van der Waals surface area contributed by atoms with E-state index in [1.807, 2.05) is 0 Å². The largest absolute Gasteiger partial charge is 0.340 e. The molecule has 0 spiro atoms. The van der Waals surface area contributed by atoms with Gasteiger partial charge in [0.2, 0.25) is 5.91 Å². The van der Waals surface area contributed by atoms with Crippen LogP contribution in [0.25, 0.3) is 11.2 Å². The van der Waals surface area contributed by atoms with Gasteiger partial charge in [-0.05, 0) is 12.1 Å². The summed E-state index contributed by atoms with van der Waals surface area (Å²) in [5, 5.41) is 0.194. The lowest BCUT2D eigenvalue weighted by molar-refractivity contribution is -0.131. The molecule has 0 radical (unpaired) electrons. The van der Waals surface area contributed by atoms with Crippen molar-refractivity contribution < 1.29 is 9.18 Å². The van der Waals surface area contributed by atoms with Crippen LogP contribution in [0.5, 0.6) is 0 Å². The van der Waals surface area contributed by atoms with Crippen molar-refractivity contribution in [1.82, 2.24) is 23.6 Å². The average Bonchev–Trinajstić information content (AvgIpc) is 3.01. The van der Waals surface area contributed by atoms with E-state index < -0.39 is 29.5 Å². The van der Waals surface area contributed by atoms with Crippen LogP contribution in [0.4, 0.5) is 4.39 Å². The molecular formula is C17H17ClFN5O3. The second-order valence-electron chi connectivity index (χ2n) is 6.21. The van der Waals surface area contributed by atoms with Crippen LogP contribution in [0, 0.1) is 5.82 Å². The van der Waals surface area contributed by atoms with Crippen LogP contribution in [0.3, 0.4) is 0 Å². The van der Waals surface area contributed by atoms with Gasteiger partial charge >= 0.3 is 5.69 Å². The number of nitrogens with zero attached hydrogens (tertiary/aromatic N) is 5. The predicted molar refractivity (Wildman–Crippen MR) is 98.1 cm³/mol. The number of rotatable bonds is 4. The Hall–Kier alpha value is -2.94. The monoisotopic (exact) mass is 393 g/mol. The van der Waals surface area contributed by atoms with Crippen molar-refractivity contribution in [3.8, 4) is 0 Å². The fourth-order valence-electron chi connectivity index (χ4n) is 2.80. The number of halogens is 2. The summed E-state index contributed by atoms with van der Waals surface area (Å²) in [6, 6.07) is 4.24. The summed E-state index contributed by atoms with van der Waals surface area (Å²) < 4.78 is 17.5. The van der Waals surface area contributed by atoms with Gasteiger partial charge in [0.1, 0.15) is 12.4 Å². The molecule has 0 aliphatic heterocycles. The van der Waals surface area contributed by atoms with Crippen LogP contribution >= 0.6 is 11.6 Å². The van der Waals surface area contributed by atoms with Crippen molar-refractivity contribution in [3.05, 3.63) is 61.8 Å². The molecule has 1 amide bonds. The van der Waals surface area contributed by atoms with Gasteiger partial charge in [0.05, 0.1) is 6.33 Å². The second kappa shape index (κ2) is 6.99. The molecule has 1 aromatic carbocycles. The maximum atomic E-state index is 13.9. The zero-order valence-electron chi connectivity index (χ0n) is 14.9. The minimum absolute atomic E-state index is 0.0899. The molecule has 2 aromatic heterocycles. The van der Waals surface area contributed by atoms with Crippen LogP contribution in [-0.2, 0) is 32.0 Å². The lowest BCUT2D eigenvalue weighted by Gasteiger charge is -2.19. The van der Waals surface area contributed by atoms with Gasteiger partial charge in [0, 0.05) is 38.3 Å². The predicted octanol–water partition coefficient (Wildman–Crippen LogP) is 0.885. The number of fused-ring (bicyclic) bond motifs is 1. The Morgan fingerprint density at radius 1 is 1.30 bits per heavy atom. The Morgan fingerprint density at radius 2 is 2.00 bits per heavy atom. The molecule has 0 saturated heterocycles. The molecule has 2 heterocycles. The number of carbonyl (C=O) groups is 1. The van der Waals surface area contributed by atoms with Crippen molar-refractivity contribution in [2.24, 2.45) is 14.1 Å². The number of carbonyl (C=O) groups excluding carboxylic acids is 1. The van der Waals surface area contributed by atoms with Crippen LogP contribution in [-0.4, -0.2) is 36.5 Å². The molecule has 3 aromatic rings. The van der Waals surface area contributed by atoms with E-state index in [1.54, 1.807) is 7.05 Å². The highest BCUT2D eigenvalue weighted by Crippen LogP contribution is 2.20. The summed E-state index contributed by atoms with van der Waals surface area (Å²) in [5.74, 6) is -1.07. The molecule has 27 heavy (non-hydrogen) atoms. The normalized spacial score (nSPS) is 11.1. The van der Waals surface area contributed by atoms with Crippen molar-refractivity contribution >= 4 is 28.7 Å². The Labute approximate surface area is 158 Å². The number of benzene rings is 1. The minimum atomic E-state index is -0.656. The summed E-state index contributed by atoms with van der Waals surface area (Å²) in [6.45, 7) is -0.567. The number of likely N-dealkylation sites (N-methyl/N-ethyl adjacent to an activating group) is 1. The van der Waals surface area contributed by atoms with Gasteiger partial charge in [-0.1, -0.05) is 17.7 Å². The van der Waals surface area contributed by atoms with E-state index >= 15 is 0 Å². The minimum Gasteiger partial charge on any atom is -0.340 e. The number of imidazole rings is 1. The molecule has 0 saturated carbocycles. The molecule has 142 valence electrons. The average molecular weight is 394 g/mol. The standard InChI is InChI=1S/C17H17ClFN5O3/c1-21(7-10-11(18)5-4-6-12(10)19)13(25)8-24-16(26)14-15(20-9-22(14)2)23(3)17(24)27/h4-6,9H,7-8H2,1-3H3. The molecular weight excluding hydrogens is 377 g/mol. The summed E-state index contributed by atoms with van der Waals surface area (Å²) in [4.78, 5) is 42.9. The van der Waals surface area contributed by atoms with E-state index in [0.717, 1.165) is 4.57 Å². The molecule has 0 aliphatic carbocycles. The Bertz CT molecular complexity index is 1140. The van der Waals surface area contributed by atoms with Crippen LogP contribution in [0.2, 0.25) is 5.02 Å². The van der Waals surface area contributed by atoms with Gasteiger partial charge in [-0.3, -0.25) is 14.2 Å². The van der Waals surface area contributed by atoms with Crippen molar-refractivity contribution in [2.45, 2.75) is 13.1 Å². The third-order valence-electron chi connectivity index (χ3n) is 4.38. The molecule has 0 atom stereocenters. The molecule has 3 rings (SSSR count). The van der Waals surface area contributed by atoms with Gasteiger partial charge < -0.3 is 9.47 Å². The Morgan fingerprint density at radius 3 is 2.67 bits per heavy atom. The van der Waals surface area contributed by atoms with Gasteiger partial charge in [0.25, 0.3) is 5.56 Å². The highest BCUT2D eigenvalue weighted by molar-refractivity contribution is 6.31. The Kier molecular flexibility index (Phi) is 4.88. The first-order valence-electron chi connectivity index (χ1n) is 8.00. The fourth-order valence-corrected chi connectivity index (χ4v) is 3.02. The third kappa shape index (κ3) is 3.25. The highest BCUT2D eigenvalue weighted by atomic mass is 35.5. The molecule has 0 bridgehead atoms. The summed E-state index contributed by atoms with van der Waals surface area (Å²) >= 11 is 5.98. The fraction of sp³-hybridized carbons (Fsp3) is 0.294. The van der Waals surface area contributed by atoms with E-state index in [4.69, 9.17) is 11.6 Å². The van der Waals surface area contributed by atoms with Gasteiger partial charge in [0.15, 0.2) is 11.2 Å². The smallest absolute Gasteiger partial charge is 0.332 e. The van der Waals surface area contributed by atoms with Crippen LogP contribution in [0.1, 0.15) is 5.56 Å². The molecule has 0 fully saturated rings. The van der Waals surface area contributed by atoms with E-state index in [-0.39, 0.29) is 28.3 Å². The SMILES string of the molecule is CN(Cc1c(F)cccc1Cl)C(=O)Cn1c(=O)c2c(ncn2C)n(C)c1=O. The first-order valence-corrected chi connectivity index (χ1v) is 8.38.